The summed E-state index contributed by atoms with van der Waals surface area (Å²) in [6.07, 6.45) is -2.85. The van der Waals surface area contributed by atoms with E-state index in [1.165, 1.54) is 0 Å². The molecule has 0 saturated carbocycles. The zero-order chi connectivity index (χ0) is 15.3. The normalized spacial score (nSPS) is 11.9. The Labute approximate surface area is 115 Å². The number of hydrogen-bond donors (Lipinski definition) is 1. The molecule has 0 aliphatic rings. The molecule has 20 heavy (non-hydrogen) atoms. The first kappa shape index (κ1) is 15.8. The van der Waals surface area contributed by atoms with Crippen LogP contribution in [0.2, 0.25) is 0 Å². The van der Waals surface area contributed by atoms with Crippen molar-refractivity contribution in [3.05, 3.63) is 66.3 Å². The van der Waals surface area contributed by atoms with Gasteiger partial charge in [0.05, 0.1) is 0 Å². The van der Waals surface area contributed by atoms with Crippen molar-refractivity contribution in [2.75, 3.05) is 5.32 Å². The van der Waals surface area contributed by atoms with Crippen LogP contribution in [0.15, 0.2) is 60.7 Å². The molecule has 0 spiro atoms. The average Bonchev–Trinajstić information content (AvgIpc) is 2.34. The first-order valence-corrected chi connectivity index (χ1v) is 5.72. The maximum Gasteiger partial charge on any atom is 0.415 e. The van der Waals surface area contributed by atoms with Gasteiger partial charge < -0.3 is 5.32 Å². The minimum absolute atomic E-state index is 0.200. The molecule has 0 saturated heterocycles. The summed E-state index contributed by atoms with van der Waals surface area (Å²) in [5.41, 5.74) is 0.118. The van der Waals surface area contributed by atoms with Crippen molar-refractivity contribution in [2.45, 2.75) is 13.1 Å². The molecule has 0 heterocycles. The molecule has 1 aromatic carbocycles. The number of carbonyl (C=O) groups excluding carboxylic acids is 1. The molecule has 0 aliphatic heterocycles. The summed E-state index contributed by atoms with van der Waals surface area (Å²) in [6.45, 7) is 8.07. The molecule has 0 aliphatic carbocycles. The Morgan fingerprint density at radius 3 is 2.50 bits per heavy atom. The smallest absolute Gasteiger partial charge is 0.322 e. The third-order valence-corrected chi connectivity index (χ3v) is 2.45. The van der Waals surface area contributed by atoms with E-state index in [-0.39, 0.29) is 5.57 Å². The fourth-order valence-electron chi connectivity index (χ4n) is 1.41. The van der Waals surface area contributed by atoms with Gasteiger partial charge in [0, 0.05) is 16.8 Å². The Morgan fingerprint density at radius 2 is 2.00 bits per heavy atom. The number of halogens is 3. The molecular formula is C15H14F3NO. The highest BCUT2D eigenvalue weighted by Crippen LogP contribution is 2.26. The molecule has 0 bridgehead atoms. The minimum atomic E-state index is -4.57. The number of allylic oxidation sites excluding steroid dienone is 2. The Balaban J connectivity index is 2.91. The summed E-state index contributed by atoms with van der Waals surface area (Å²) in [7, 11) is 0. The van der Waals surface area contributed by atoms with E-state index in [1.54, 1.807) is 18.2 Å². The summed E-state index contributed by atoms with van der Waals surface area (Å²) >= 11 is 0. The topological polar surface area (TPSA) is 29.1 Å². The van der Waals surface area contributed by atoms with Crippen molar-refractivity contribution in [2.24, 2.45) is 0 Å². The van der Waals surface area contributed by atoms with Gasteiger partial charge in [-0.3, -0.25) is 4.79 Å². The highest BCUT2D eigenvalue weighted by atomic mass is 19.4. The number of anilines is 1. The van der Waals surface area contributed by atoms with E-state index in [9.17, 15) is 18.0 Å². The summed E-state index contributed by atoms with van der Waals surface area (Å²) in [5, 5.41) is 2.50. The average molecular weight is 281 g/mol. The molecule has 0 aromatic heterocycles. The van der Waals surface area contributed by atoms with Crippen LogP contribution in [0.25, 0.3) is 0 Å². The van der Waals surface area contributed by atoms with Gasteiger partial charge in [-0.2, -0.15) is 13.2 Å². The zero-order valence-electron chi connectivity index (χ0n) is 10.9. The lowest BCUT2D eigenvalue weighted by Crippen LogP contribution is -2.15. The van der Waals surface area contributed by atoms with Crippen molar-refractivity contribution in [3.8, 4) is 0 Å². The van der Waals surface area contributed by atoms with Crippen LogP contribution < -0.4 is 5.32 Å². The molecular weight excluding hydrogens is 267 g/mol. The lowest BCUT2D eigenvalue weighted by atomic mass is 10.1. The number of nitrogens with one attached hydrogen (secondary N) is 1. The van der Waals surface area contributed by atoms with Gasteiger partial charge in [-0.05, 0) is 30.7 Å². The van der Waals surface area contributed by atoms with Crippen LogP contribution in [0.5, 0.6) is 0 Å². The van der Waals surface area contributed by atoms with E-state index >= 15 is 0 Å². The van der Waals surface area contributed by atoms with Crippen LogP contribution in [-0.2, 0) is 4.79 Å². The third kappa shape index (κ3) is 4.42. The van der Waals surface area contributed by atoms with Crippen molar-refractivity contribution in [3.63, 3.8) is 0 Å². The van der Waals surface area contributed by atoms with Crippen molar-refractivity contribution >= 4 is 11.6 Å². The maximum atomic E-state index is 12.4. The fourth-order valence-corrected chi connectivity index (χ4v) is 1.41. The van der Waals surface area contributed by atoms with Crippen LogP contribution in [0.1, 0.15) is 5.56 Å². The van der Waals surface area contributed by atoms with E-state index < -0.39 is 17.7 Å². The van der Waals surface area contributed by atoms with Crippen molar-refractivity contribution in [1.29, 1.82) is 0 Å². The number of hydrogen-bond acceptors (Lipinski definition) is 1. The van der Waals surface area contributed by atoms with E-state index in [0.717, 1.165) is 11.6 Å². The van der Waals surface area contributed by atoms with Gasteiger partial charge in [-0.25, -0.2) is 0 Å². The molecule has 0 fully saturated rings. The van der Waals surface area contributed by atoms with Gasteiger partial charge in [0.15, 0.2) is 0 Å². The van der Waals surface area contributed by atoms with Gasteiger partial charge in [-0.1, -0.05) is 31.4 Å². The molecule has 2 nitrogen and oxygen atoms in total. The molecule has 0 unspecified atom stereocenters. The highest BCUT2D eigenvalue weighted by molar-refractivity contribution is 6.06. The third-order valence-electron chi connectivity index (χ3n) is 2.45. The number of carbonyl (C=O) groups is 1. The Bertz CT molecular complexity index is 571. The molecule has 1 amide bonds. The van der Waals surface area contributed by atoms with Gasteiger partial charge in [0.25, 0.3) is 5.91 Å². The highest BCUT2D eigenvalue weighted by Gasteiger charge is 2.30. The number of aryl methyl sites for hydroxylation is 1. The SMILES string of the molecule is C=C/C(=C\C(=C)C(F)(F)F)C(=O)Nc1cccc(C)c1. The lowest BCUT2D eigenvalue weighted by Gasteiger charge is -2.09. The van der Waals surface area contributed by atoms with Crippen LogP contribution >= 0.6 is 0 Å². The standard InChI is InChI=1S/C15H14F3NO/c1-4-12(9-11(3)15(16,17)18)14(20)19-13-7-5-6-10(2)8-13/h4-9H,1,3H2,2H3,(H,19,20)/b12-9+. The van der Waals surface area contributed by atoms with E-state index in [0.29, 0.717) is 11.8 Å². The number of amides is 1. The number of benzene rings is 1. The maximum absolute atomic E-state index is 12.4. The number of alkyl halides is 3. The minimum Gasteiger partial charge on any atom is -0.322 e. The molecule has 0 atom stereocenters. The largest absolute Gasteiger partial charge is 0.415 e. The van der Waals surface area contributed by atoms with Gasteiger partial charge in [-0.15, -0.1) is 0 Å². The quantitative estimate of drug-likeness (QED) is 0.651. The second kappa shape index (κ2) is 6.23. The van der Waals surface area contributed by atoms with Crippen LogP contribution in [0.3, 0.4) is 0 Å². The summed E-state index contributed by atoms with van der Waals surface area (Å²) in [4.78, 5) is 11.9. The summed E-state index contributed by atoms with van der Waals surface area (Å²) < 4.78 is 37.1. The summed E-state index contributed by atoms with van der Waals surface area (Å²) in [6, 6.07) is 6.92. The number of rotatable bonds is 4. The second-order valence-electron chi connectivity index (χ2n) is 4.15. The van der Waals surface area contributed by atoms with Gasteiger partial charge >= 0.3 is 6.18 Å². The van der Waals surface area contributed by atoms with Crippen LogP contribution in [-0.4, -0.2) is 12.1 Å². The van der Waals surface area contributed by atoms with E-state index in [2.05, 4.69) is 18.5 Å². The van der Waals surface area contributed by atoms with E-state index in [4.69, 9.17) is 0 Å². The molecule has 0 radical (unpaired) electrons. The Hall–Kier alpha value is -2.30. The monoisotopic (exact) mass is 281 g/mol. The van der Waals surface area contributed by atoms with Gasteiger partial charge in [0.1, 0.15) is 0 Å². The Morgan fingerprint density at radius 1 is 1.35 bits per heavy atom. The first-order chi connectivity index (χ1) is 9.24. The van der Waals surface area contributed by atoms with Gasteiger partial charge in [0.2, 0.25) is 0 Å². The van der Waals surface area contributed by atoms with E-state index in [1.807, 2.05) is 13.0 Å². The van der Waals surface area contributed by atoms with Crippen LogP contribution in [0, 0.1) is 6.92 Å². The summed E-state index contributed by atoms with van der Waals surface area (Å²) in [5.74, 6) is -0.670. The molecule has 106 valence electrons. The molecule has 5 heteroatoms. The first-order valence-electron chi connectivity index (χ1n) is 5.72. The fraction of sp³-hybridized carbons (Fsp3) is 0.133. The molecule has 1 aromatic rings. The van der Waals surface area contributed by atoms with Crippen molar-refractivity contribution in [1.82, 2.24) is 0 Å². The van der Waals surface area contributed by atoms with Crippen LogP contribution in [0.4, 0.5) is 18.9 Å². The predicted octanol–water partition coefficient (Wildman–Crippen LogP) is 4.16. The second-order valence-corrected chi connectivity index (χ2v) is 4.15. The lowest BCUT2D eigenvalue weighted by molar-refractivity contribution is -0.112. The predicted molar refractivity (Wildman–Crippen MR) is 73.3 cm³/mol. The molecule has 1 N–H and O–H groups in total. The Kier molecular flexibility index (Phi) is 4.91. The van der Waals surface area contributed by atoms with Crippen molar-refractivity contribution < 1.29 is 18.0 Å². The molecule has 1 rings (SSSR count). The zero-order valence-corrected chi connectivity index (χ0v) is 10.9.